The van der Waals surface area contributed by atoms with Crippen LogP contribution in [0.1, 0.15) is 107 Å². The first-order valence-corrected chi connectivity index (χ1v) is 14.0. The van der Waals surface area contributed by atoms with E-state index in [4.69, 9.17) is 21.1 Å². The van der Waals surface area contributed by atoms with Gasteiger partial charge in [0, 0.05) is 11.1 Å². The predicted molar refractivity (Wildman–Crippen MR) is 143 cm³/mol. The summed E-state index contributed by atoms with van der Waals surface area (Å²) in [6.07, 6.45) is 14.8. The van der Waals surface area contributed by atoms with Gasteiger partial charge in [-0.05, 0) is 50.3 Å². The Labute approximate surface area is 224 Å². The SMILES string of the molecule is CCCCCCCCCCCCOC(=O)COC(=O)c1cc(N2C(=O)C3=C(CCCC3)C2=O)ccc1Cl. The van der Waals surface area contributed by atoms with Crippen LogP contribution in [0.3, 0.4) is 0 Å². The van der Waals surface area contributed by atoms with Crippen LogP contribution in [0.5, 0.6) is 0 Å². The van der Waals surface area contributed by atoms with Crippen LogP contribution in [0.25, 0.3) is 0 Å². The summed E-state index contributed by atoms with van der Waals surface area (Å²) in [6, 6.07) is 4.32. The van der Waals surface area contributed by atoms with Crippen molar-refractivity contribution in [2.75, 3.05) is 18.1 Å². The monoisotopic (exact) mass is 531 g/mol. The number of rotatable bonds is 15. The number of carbonyl (C=O) groups excluding carboxylic acids is 4. The van der Waals surface area contributed by atoms with Gasteiger partial charge in [0.05, 0.1) is 22.9 Å². The molecule has 202 valence electrons. The van der Waals surface area contributed by atoms with Gasteiger partial charge < -0.3 is 9.47 Å². The lowest BCUT2D eigenvalue weighted by atomic mass is 9.93. The highest BCUT2D eigenvalue weighted by Crippen LogP contribution is 2.36. The Morgan fingerprint density at radius 2 is 1.41 bits per heavy atom. The van der Waals surface area contributed by atoms with Gasteiger partial charge in [0.2, 0.25) is 0 Å². The molecule has 7 nitrogen and oxygen atoms in total. The summed E-state index contributed by atoms with van der Waals surface area (Å²) in [6.45, 7) is 1.98. The van der Waals surface area contributed by atoms with Crippen LogP contribution < -0.4 is 4.90 Å². The normalized spacial score (nSPS) is 15.2. The fourth-order valence-corrected chi connectivity index (χ4v) is 5.00. The molecule has 1 aliphatic carbocycles. The van der Waals surface area contributed by atoms with Crippen molar-refractivity contribution >= 4 is 41.0 Å². The molecule has 37 heavy (non-hydrogen) atoms. The van der Waals surface area contributed by atoms with E-state index in [0.717, 1.165) is 37.0 Å². The summed E-state index contributed by atoms with van der Waals surface area (Å²) in [5.41, 5.74) is 1.34. The quantitative estimate of drug-likeness (QED) is 0.142. The van der Waals surface area contributed by atoms with Crippen molar-refractivity contribution in [2.24, 2.45) is 0 Å². The molecular weight excluding hydrogens is 494 g/mol. The van der Waals surface area contributed by atoms with E-state index in [1.54, 1.807) is 0 Å². The second-order valence-corrected chi connectivity index (χ2v) is 10.2. The van der Waals surface area contributed by atoms with Crippen molar-refractivity contribution < 1.29 is 28.7 Å². The molecule has 0 radical (unpaired) electrons. The Morgan fingerprint density at radius 1 is 0.838 bits per heavy atom. The van der Waals surface area contributed by atoms with Gasteiger partial charge in [-0.3, -0.25) is 9.59 Å². The average Bonchev–Trinajstić information content (AvgIpc) is 3.16. The third-order valence-corrected chi connectivity index (χ3v) is 7.23. The lowest BCUT2D eigenvalue weighted by Crippen LogP contribution is -2.31. The van der Waals surface area contributed by atoms with E-state index in [1.165, 1.54) is 63.1 Å². The molecule has 1 aromatic rings. The van der Waals surface area contributed by atoms with E-state index in [0.29, 0.717) is 30.6 Å². The van der Waals surface area contributed by atoms with Crippen LogP contribution in [0.2, 0.25) is 5.02 Å². The highest BCUT2D eigenvalue weighted by Gasteiger charge is 2.40. The molecule has 1 aromatic carbocycles. The molecule has 2 amide bonds. The van der Waals surface area contributed by atoms with Crippen molar-refractivity contribution in [3.05, 3.63) is 39.9 Å². The fourth-order valence-electron chi connectivity index (χ4n) is 4.80. The zero-order valence-corrected chi connectivity index (χ0v) is 22.6. The Bertz CT molecular complexity index is 990. The number of anilines is 1. The Kier molecular flexibility index (Phi) is 11.6. The Balaban J connectivity index is 1.38. The first-order chi connectivity index (χ1) is 17.9. The topological polar surface area (TPSA) is 90.0 Å². The smallest absolute Gasteiger partial charge is 0.344 e. The summed E-state index contributed by atoms with van der Waals surface area (Å²) in [7, 11) is 0. The highest BCUT2D eigenvalue weighted by molar-refractivity contribution is 6.35. The highest BCUT2D eigenvalue weighted by atomic mass is 35.5. The van der Waals surface area contributed by atoms with E-state index in [2.05, 4.69) is 6.92 Å². The molecule has 0 bridgehead atoms. The predicted octanol–water partition coefficient (Wildman–Crippen LogP) is 6.70. The molecule has 1 aliphatic heterocycles. The number of esters is 2. The van der Waals surface area contributed by atoms with Crippen molar-refractivity contribution in [3.8, 4) is 0 Å². The van der Waals surface area contributed by atoms with Crippen molar-refractivity contribution in [3.63, 3.8) is 0 Å². The molecule has 1 heterocycles. The number of hydrogen-bond acceptors (Lipinski definition) is 6. The largest absolute Gasteiger partial charge is 0.463 e. The third kappa shape index (κ3) is 8.16. The third-order valence-electron chi connectivity index (χ3n) is 6.90. The van der Waals surface area contributed by atoms with E-state index >= 15 is 0 Å². The molecule has 2 aliphatic rings. The molecule has 8 heteroatoms. The van der Waals surface area contributed by atoms with Gasteiger partial charge in [-0.15, -0.1) is 0 Å². The lowest BCUT2D eigenvalue weighted by molar-refractivity contribution is -0.147. The van der Waals surface area contributed by atoms with Gasteiger partial charge in [-0.25, -0.2) is 14.5 Å². The number of imide groups is 1. The summed E-state index contributed by atoms with van der Waals surface area (Å²) < 4.78 is 10.3. The number of amides is 2. The fraction of sp³-hybridized carbons (Fsp3) is 0.586. The number of unbranched alkanes of at least 4 members (excludes halogenated alkanes) is 9. The molecule has 0 N–H and O–H groups in total. The maximum Gasteiger partial charge on any atom is 0.344 e. The first-order valence-electron chi connectivity index (χ1n) is 13.7. The van der Waals surface area contributed by atoms with Gasteiger partial charge in [0.25, 0.3) is 11.8 Å². The maximum atomic E-state index is 12.8. The van der Waals surface area contributed by atoms with Crippen LogP contribution in [0.4, 0.5) is 5.69 Å². The van der Waals surface area contributed by atoms with E-state index in [9.17, 15) is 19.2 Å². The lowest BCUT2D eigenvalue weighted by Gasteiger charge is -2.16. The average molecular weight is 532 g/mol. The zero-order valence-electron chi connectivity index (χ0n) is 21.8. The minimum absolute atomic E-state index is 0.0212. The minimum atomic E-state index is -0.820. The standard InChI is InChI=1S/C29H38ClNO6/c1-2-3-4-5-6-7-8-9-10-13-18-36-26(32)20-37-29(35)24-19-21(16-17-25(24)30)31-27(33)22-14-11-12-15-23(22)28(31)34/h16-17,19H,2-15,18,20H2,1H3. The first kappa shape index (κ1) is 28.9. The van der Waals surface area contributed by atoms with Crippen LogP contribution in [-0.4, -0.2) is 37.0 Å². The molecule has 0 saturated carbocycles. The number of nitrogens with zero attached hydrogens (tertiary/aromatic N) is 1. The summed E-state index contributed by atoms with van der Waals surface area (Å²) in [5, 5.41) is 0.101. The minimum Gasteiger partial charge on any atom is -0.463 e. The van der Waals surface area contributed by atoms with Crippen LogP contribution >= 0.6 is 11.6 Å². The van der Waals surface area contributed by atoms with E-state index in [1.807, 2.05) is 0 Å². The molecule has 0 fully saturated rings. The molecule has 0 unspecified atom stereocenters. The van der Waals surface area contributed by atoms with Crippen molar-refractivity contribution in [1.82, 2.24) is 0 Å². The summed E-state index contributed by atoms with van der Waals surface area (Å²) in [4.78, 5) is 51.3. The van der Waals surface area contributed by atoms with E-state index < -0.39 is 18.5 Å². The van der Waals surface area contributed by atoms with Gasteiger partial charge in [0.15, 0.2) is 6.61 Å². The van der Waals surface area contributed by atoms with Crippen molar-refractivity contribution in [2.45, 2.75) is 96.8 Å². The van der Waals surface area contributed by atoms with Crippen LogP contribution in [-0.2, 0) is 23.9 Å². The molecule has 3 rings (SSSR count). The molecular formula is C29H38ClNO6. The molecule has 0 atom stereocenters. The number of benzene rings is 1. The van der Waals surface area contributed by atoms with Gasteiger partial charge in [0.1, 0.15) is 0 Å². The number of ether oxygens (including phenoxy) is 2. The summed E-state index contributed by atoms with van der Waals surface area (Å²) >= 11 is 6.18. The second-order valence-electron chi connectivity index (χ2n) is 9.75. The van der Waals surface area contributed by atoms with Gasteiger partial charge in [-0.2, -0.15) is 0 Å². The zero-order chi connectivity index (χ0) is 26.6. The maximum absolute atomic E-state index is 12.8. The van der Waals surface area contributed by atoms with Gasteiger partial charge >= 0.3 is 11.9 Å². The van der Waals surface area contributed by atoms with Crippen LogP contribution in [0, 0.1) is 0 Å². The van der Waals surface area contributed by atoms with Gasteiger partial charge in [-0.1, -0.05) is 76.3 Å². The Hall–Kier alpha value is -2.67. The Morgan fingerprint density at radius 3 is 2.00 bits per heavy atom. The van der Waals surface area contributed by atoms with Crippen LogP contribution in [0.15, 0.2) is 29.3 Å². The second kappa shape index (κ2) is 14.9. The van der Waals surface area contributed by atoms with Crippen molar-refractivity contribution in [1.29, 1.82) is 0 Å². The summed E-state index contributed by atoms with van der Waals surface area (Å²) in [5.74, 6) is -2.15. The number of carbonyl (C=O) groups is 4. The van der Waals surface area contributed by atoms with E-state index in [-0.39, 0.29) is 28.1 Å². The number of halogens is 1. The molecule has 0 saturated heterocycles. The molecule has 0 spiro atoms. The molecule has 0 aromatic heterocycles. The number of hydrogen-bond donors (Lipinski definition) is 0.